The van der Waals surface area contributed by atoms with E-state index in [4.69, 9.17) is 10.5 Å². The highest BCUT2D eigenvalue weighted by molar-refractivity contribution is 5.40. The Kier molecular flexibility index (Phi) is 3.43. The lowest BCUT2D eigenvalue weighted by Gasteiger charge is -2.33. The Hall–Kier alpha value is -1.36. The number of aromatic amines is 1. The average Bonchev–Trinajstić information content (AvgIpc) is 2.28. The van der Waals surface area contributed by atoms with E-state index >= 15 is 0 Å². The quantitative estimate of drug-likeness (QED) is 0.841. The van der Waals surface area contributed by atoms with Gasteiger partial charge >= 0.3 is 0 Å². The topological polar surface area (TPSA) is 81.0 Å². The van der Waals surface area contributed by atoms with Crippen LogP contribution < -0.4 is 11.3 Å². The van der Waals surface area contributed by atoms with Gasteiger partial charge in [0.25, 0.3) is 5.56 Å². The van der Waals surface area contributed by atoms with Gasteiger partial charge in [-0.05, 0) is 32.1 Å². The highest BCUT2D eigenvalue weighted by Gasteiger charge is 2.33. The average molecular weight is 251 g/mol. The van der Waals surface area contributed by atoms with E-state index in [2.05, 4.69) is 9.97 Å². The van der Waals surface area contributed by atoms with E-state index in [0.29, 0.717) is 23.8 Å². The van der Waals surface area contributed by atoms with E-state index in [1.807, 2.05) is 20.8 Å². The third-order valence-corrected chi connectivity index (χ3v) is 3.53. The fraction of sp³-hybridized carbons (Fsp3) is 0.692. The van der Waals surface area contributed by atoms with Gasteiger partial charge in [-0.1, -0.05) is 13.8 Å². The maximum Gasteiger partial charge on any atom is 0.256 e. The van der Waals surface area contributed by atoms with Crippen LogP contribution in [0.3, 0.4) is 0 Å². The Morgan fingerprint density at radius 3 is 2.67 bits per heavy atom. The first-order chi connectivity index (χ1) is 8.44. The Balaban J connectivity index is 2.44. The molecule has 3 N–H and O–H groups in total. The first-order valence-electron chi connectivity index (χ1n) is 6.48. The van der Waals surface area contributed by atoms with Crippen LogP contribution >= 0.6 is 0 Å². The summed E-state index contributed by atoms with van der Waals surface area (Å²) in [4.78, 5) is 19.2. The number of nitrogens with zero attached hydrogens (tertiary/aromatic N) is 1. The molecule has 5 nitrogen and oxygen atoms in total. The molecule has 1 fully saturated rings. The van der Waals surface area contributed by atoms with Crippen molar-refractivity contribution in [1.29, 1.82) is 0 Å². The van der Waals surface area contributed by atoms with Crippen LogP contribution in [0.5, 0.6) is 0 Å². The number of aromatic nitrogens is 2. The molecule has 2 rings (SSSR count). The molecule has 1 atom stereocenters. The number of hydrogen-bond acceptors (Lipinski definition) is 4. The fourth-order valence-electron chi connectivity index (χ4n) is 2.43. The first-order valence-corrected chi connectivity index (χ1v) is 6.48. The van der Waals surface area contributed by atoms with Gasteiger partial charge in [-0.2, -0.15) is 0 Å². The Morgan fingerprint density at radius 1 is 1.44 bits per heavy atom. The van der Waals surface area contributed by atoms with Gasteiger partial charge in [0, 0.05) is 6.61 Å². The number of nitrogens with one attached hydrogen (secondary N) is 1. The molecule has 1 aromatic rings. The molecule has 0 radical (unpaired) electrons. The summed E-state index contributed by atoms with van der Waals surface area (Å²) in [5.74, 6) is 0.934. The number of ether oxygens (including phenoxy) is 1. The highest BCUT2D eigenvalue weighted by Crippen LogP contribution is 2.32. The number of H-pyrrole nitrogens is 1. The van der Waals surface area contributed by atoms with Crippen molar-refractivity contribution in [3.05, 3.63) is 21.7 Å². The van der Waals surface area contributed by atoms with Crippen molar-refractivity contribution in [3.63, 3.8) is 0 Å². The molecule has 1 aliphatic heterocycles. The molecule has 1 saturated heterocycles. The van der Waals surface area contributed by atoms with Crippen LogP contribution in [0.2, 0.25) is 0 Å². The summed E-state index contributed by atoms with van der Waals surface area (Å²) in [5, 5.41) is 0. The van der Waals surface area contributed by atoms with Crippen LogP contribution in [0.15, 0.2) is 4.79 Å². The predicted molar refractivity (Wildman–Crippen MR) is 70.5 cm³/mol. The van der Waals surface area contributed by atoms with Crippen LogP contribution in [-0.4, -0.2) is 16.6 Å². The number of anilines is 1. The van der Waals surface area contributed by atoms with Crippen LogP contribution in [0.1, 0.15) is 57.3 Å². The molecular weight excluding hydrogens is 230 g/mol. The maximum absolute atomic E-state index is 12.1. The molecule has 1 aromatic heterocycles. The van der Waals surface area contributed by atoms with Crippen LogP contribution in [0.25, 0.3) is 0 Å². The van der Waals surface area contributed by atoms with Gasteiger partial charge in [-0.15, -0.1) is 0 Å². The van der Waals surface area contributed by atoms with E-state index in [1.54, 1.807) is 0 Å². The molecule has 0 bridgehead atoms. The number of rotatable bonds is 2. The Morgan fingerprint density at radius 2 is 2.17 bits per heavy atom. The van der Waals surface area contributed by atoms with Crippen molar-refractivity contribution in [2.24, 2.45) is 0 Å². The van der Waals surface area contributed by atoms with Crippen molar-refractivity contribution in [2.45, 2.75) is 51.6 Å². The second kappa shape index (κ2) is 4.72. The van der Waals surface area contributed by atoms with Crippen molar-refractivity contribution >= 4 is 5.82 Å². The molecule has 100 valence electrons. The van der Waals surface area contributed by atoms with Crippen LogP contribution in [0.4, 0.5) is 5.82 Å². The van der Waals surface area contributed by atoms with Crippen LogP contribution in [0, 0.1) is 0 Å². The molecule has 5 heteroatoms. The standard InChI is InChI=1S/C13H21N3O2/c1-8(2)9-10(14)15-12(16-11(9)17)13(3)6-4-5-7-18-13/h8H,4-7H2,1-3H3,(H3,14,15,16,17). The molecule has 0 amide bonds. The van der Waals surface area contributed by atoms with Gasteiger partial charge in [0.05, 0.1) is 5.56 Å². The third-order valence-electron chi connectivity index (χ3n) is 3.53. The summed E-state index contributed by atoms with van der Waals surface area (Å²) in [6.07, 6.45) is 2.99. The number of hydrogen-bond donors (Lipinski definition) is 2. The third kappa shape index (κ3) is 2.27. The smallest absolute Gasteiger partial charge is 0.256 e. The van der Waals surface area contributed by atoms with Crippen molar-refractivity contribution in [3.8, 4) is 0 Å². The van der Waals surface area contributed by atoms with Crippen molar-refractivity contribution in [2.75, 3.05) is 12.3 Å². The minimum atomic E-state index is -0.513. The lowest BCUT2D eigenvalue weighted by atomic mass is 9.94. The molecule has 0 spiro atoms. The summed E-state index contributed by atoms with van der Waals surface area (Å²) in [5.41, 5.74) is 5.79. The zero-order chi connectivity index (χ0) is 13.3. The van der Waals surface area contributed by atoms with Gasteiger partial charge in [-0.3, -0.25) is 4.79 Å². The van der Waals surface area contributed by atoms with E-state index in [-0.39, 0.29) is 11.5 Å². The number of nitrogens with two attached hydrogens (primary N) is 1. The Labute approximate surface area is 107 Å². The van der Waals surface area contributed by atoms with Gasteiger partial charge in [0.15, 0.2) is 0 Å². The number of nitrogen functional groups attached to an aromatic ring is 1. The zero-order valence-corrected chi connectivity index (χ0v) is 11.2. The van der Waals surface area contributed by atoms with E-state index in [9.17, 15) is 4.79 Å². The summed E-state index contributed by atoms with van der Waals surface area (Å²) in [7, 11) is 0. The molecule has 18 heavy (non-hydrogen) atoms. The summed E-state index contributed by atoms with van der Waals surface area (Å²) in [6, 6.07) is 0. The molecule has 1 aliphatic rings. The van der Waals surface area contributed by atoms with Crippen LogP contribution in [-0.2, 0) is 10.3 Å². The molecule has 1 unspecified atom stereocenters. The highest BCUT2D eigenvalue weighted by atomic mass is 16.5. The summed E-state index contributed by atoms with van der Waals surface area (Å²) in [6.45, 7) is 6.52. The SMILES string of the molecule is CC(C)c1c(N)nc(C2(C)CCCCO2)[nH]c1=O. The van der Waals surface area contributed by atoms with E-state index in [1.165, 1.54) is 0 Å². The minimum absolute atomic E-state index is 0.0652. The second-order valence-electron chi connectivity index (χ2n) is 5.40. The fourth-order valence-corrected chi connectivity index (χ4v) is 2.43. The van der Waals surface area contributed by atoms with Crippen molar-refractivity contribution in [1.82, 2.24) is 9.97 Å². The van der Waals surface area contributed by atoms with E-state index < -0.39 is 5.60 Å². The monoisotopic (exact) mass is 251 g/mol. The van der Waals surface area contributed by atoms with Gasteiger partial charge in [-0.25, -0.2) is 4.98 Å². The molecular formula is C13H21N3O2. The molecule has 0 saturated carbocycles. The summed E-state index contributed by atoms with van der Waals surface area (Å²) < 4.78 is 5.77. The Bertz CT molecular complexity index is 487. The largest absolute Gasteiger partial charge is 0.383 e. The molecule has 2 heterocycles. The van der Waals surface area contributed by atoms with E-state index in [0.717, 1.165) is 19.3 Å². The molecule has 0 aliphatic carbocycles. The lowest BCUT2D eigenvalue weighted by Crippen LogP contribution is -2.35. The summed E-state index contributed by atoms with van der Waals surface area (Å²) >= 11 is 0. The predicted octanol–water partition coefficient (Wildman–Crippen LogP) is 1.89. The van der Waals surface area contributed by atoms with Gasteiger partial charge < -0.3 is 15.5 Å². The lowest BCUT2D eigenvalue weighted by molar-refractivity contribution is -0.0761. The maximum atomic E-state index is 12.1. The molecule has 0 aromatic carbocycles. The first kappa shape index (κ1) is 13.1. The van der Waals surface area contributed by atoms with Gasteiger partial charge in [0.1, 0.15) is 17.2 Å². The van der Waals surface area contributed by atoms with Crippen molar-refractivity contribution < 1.29 is 4.74 Å². The zero-order valence-electron chi connectivity index (χ0n) is 11.2. The normalized spacial score (nSPS) is 24.4. The van der Waals surface area contributed by atoms with Gasteiger partial charge in [0.2, 0.25) is 0 Å². The minimum Gasteiger partial charge on any atom is -0.383 e. The second-order valence-corrected chi connectivity index (χ2v) is 5.40.